The van der Waals surface area contributed by atoms with Crippen molar-refractivity contribution in [3.63, 3.8) is 0 Å². The molecule has 0 saturated heterocycles. The maximum absolute atomic E-state index is 8.84. The van der Waals surface area contributed by atoms with Gasteiger partial charge in [-0.05, 0) is 34.5 Å². The fraction of sp³-hybridized carbons (Fsp3) is 0.238. The molecule has 239 valence electrons. The molecule has 0 N–H and O–H groups in total. The molecule has 7 aromatic rings. The molecule has 47 heavy (non-hydrogen) atoms. The van der Waals surface area contributed by atoms with E-state index in [1.165, 1.54) is 35.5 Å². The third-order valence-corrected chi connectivity index (χ3v) is 14.6. The summed E-state index contributed by atoms with van der Waals surface area (Å²) in [6.07, 6.45) is 6.70. The molecule has 0 aliphatic heterocycles. The second-order valence-electron chi connectivity index (χ2n) is 13.3. The Labute approximate surface area is 302 Å². The van der Waals surface area contributed by atoms with Crippen LogP contribution in [0, 0.1) is 25.0 Å². The molecule has 8 rings (SSSR count). The predicted molar refractivity (Wildman–Crippen MR) is 201 cm³/mol. The molecular formula is C42H40GeIrN2S-2. The molecule has 5 heteroatoms. The van der Waals surface area contributed by atoms with Gasteiger partial charge in [-0.15, -0.1) is 17.5 Å². The van der Waals surface area contributed by atoms with Gasteiger partial charge in [0.05, 0.1) is 0 Å². The largest absolute Gasteiger partial charge is 0.295 e. The fourth-order valence-electron chi connectivity index (χ4n) is 6.67. The summed E-state index contributed by atoms with van der Waals surface area (Å²) in [7, 11) is 0. The second kappa shape index (κ2) is 14.5. The number of thiophene rings is 1. The minimum atomic E-state index is -1.77. The van der Waals surface area contributed by atoms with E-state index in [9.17, 15) is 0 Å². The number of aryl methyl sites for hydroxylation is 1. The SMILES string of the molecule is Cc1cc(-c2[c-]cccc2)nc[c]1[Ge]([CH3])([CH3])[CH3].[2H]C([2H])(c1ccnc(-c2[c-]c3ccccc3c3c2sc2ccccc23)c1)C1CCCC1.[Ir]. The maximum atomic E-state index is 8.84. The molecule has 0 amide bonds. The summed E-state index contributed by atoms with van der Waals surface area (Å²) in [6.45, 7) is 2.19. The van der Waals surface area contributed by atoms with E-state index < -0.39 is 19.6 Å². The number of aromatic nitrogens is 2. The molecule has 0 unspecified atom stereocenters. The van der Waals surface area contributed by atoms with Gasteiger partial charge in [0.1, 0.15) is 0 Å². The predicted octanol–water partition coefficient (Wildman–Crippen LogP) is 11.2. The van der Waals surface area contributed by atoms with Crippen molar-refractivity contribution < 1.29 is 22.8 Å². The van der Waals surface area contributed by atoms with Gasteiger partial charge in [0.25, 0.3) is 0 Å². The van der Waals surface area contributed by atoms with Gasteiger partial charge in [-0.3, -0.25) is 4.98 Å². The molecule has 1 aliphatic rings. The van der Waals surface area contributed by atoms with Crippen molar-refractivity contribution in [3.8, 4) is 22.5 Å². The molecule has 1 aliphatic carbocycles. The zero-order valence-corrected chi connectivity index (χ0v) is 32.7. The van der Waals surface area contributed by atoms with Crippen LogP contribution in [0.25, 0.3) is 53.5 Å². The number of rotatable bonds is 5. The van der Waals surface area contributed by atoms with Crippen molar-refractivity contribution in [3.05, 3.63) is 127 Å². The van der Waals surface area contributed by atoms with Gasteiger partial charge in [0.2, 0.25) is 0 Å². The molecule has 3 aromatic heterocycles. The topological polar surface area (TPSA) is 25.8 Å². The van der Waals surface area contributed by atoms with Gasteiger partial charge in [-0.25, -0.2) is 0 Å². The van der Waals surface area contributed by atoms with Crippen LogP contribution in [-0.4, -0.2) is 23.2 Å². The molecule has 4 aromatic carbocycles. The Morgan fingerprint density at radius 1 is 0.872 bits per heavy atom. The number of nitrogens with zero attached hydrogens (tertiary/aromatic N) is 2. The third-order valence-electron chi connectivity index (χ3n) is 8.92. The van der Waals surface area contributed by atoms with Crippen LogP contribution in [0.3, 0.4) is 0 Å². The average molecular weight is 872 g/mol. The van der Waals surface area contributed by atoms with Gasteiger partial charge in [0, 0.05) is 39.4 Å². The van der Waals surface area contributed by atoms with E-state index in [0.717, 1.165) is 59.1 Å². The zero-order valence-electron chi connectivity index (χ0n) is 29.4. The first-order chi connectivity index (χ1) is 23.1. The number of pyridine rings is 2. The Morgan fingerprint density at radius 3 is 2.36 bits per heavy atom. The van der Waals surface area contributed by atoms with E-state index in [-0.39, 0.29) is 26.0 Å². The summed E-state index contributed by atoms with van der Waals surface area (Å²) in [4.78, 5) is 9.28. The molecule has 2 nitrogen and oxygen atoms in total. The van der Waals surface area contributed by atoms with Crippen LogP contribution in [0.1, 0.15) is 39.6 Å². The van der Waals surface area contributed by atoms with Crippen molar-refractivity contribution >= 4 is 59.9 Å². The van der Waals surface area contributed by atoms with Crippen LogP contribution >= 0.6 is 11.3 Å². The van der Waals surface area contributed by atoms with Crippen molar-refractivity contribution in [1.82, 2.24) is 9.97 Å². The van der Waals surface area contributed by atoms with Crippen LogP contribution in [0.5, 0.6) is 0 Å². The van der Waals surface area contributed by atoms with Crippen molar-refractivity contribution in [2.75, 3.05) is 0 Å². The molecule has 1 radical (unpaired) electrons. The molecule has 0 spiro atoms. The Balaban J connectivity index is 0.000000198. The van der Waals surface area contributed by atoms with E-state index in [0.29, 0.717) is 0 Å². The summed E-state index contributed by atoms with van der Waals surface area (Å²) in [6, 6.07) is 37.8. The molecule has 0 bridgehead atoms. The molecule has 3 heterocycles. The average Bonchev–Trinajstić information content (AvgIpc) is 3.78. The Bertz CT molecular complexity index is 2240. The van der Waals surface area contributed by atoms with E-state index in [1.807, 2.05) is 36.4 Å². The first-order valence-corrected chi connectivity index (χ1v) is 24.4. The Hall–Kier alpha value is -3.15. The van der Waals surface area contributed by atoms with Crippen LogP contribution < -0.4 is 4.40 Å². The van der Waals surface area contributed by atoms with Gasteiger partial charge in [-0.2, -0.15) is 11.3 Å². The Morgan fingerprint density at radius 2 is 1.62 bits per heavy atom. The monoisotopic (exact) mass is 873 g/mol. The Kier molecular flexibility index (Phi) is 9.63. The van der Waals surface area contributed by atoms with Crippen LogP contribution in [0.2, 0.25) is 17.3 Å². The summed E-state index contributed by atoms with van der Waals surface area (Å²) in [5.74, 6) is 7.29. The van der Waals surface area contributed by atoms with E-state index in [2.05, 4.69) is 107 Å². The summed E-state index contributed by atoms with van der Waals surface area (Å²) >= 11 is -0.000978. The fourth-order valence-corrected chi connectivity index (χ4v) is 11.5. The first kappa shape index (κ1) is 31.1. The van der Waals surface area contributed by atoms with E-state index >= 15 is 0 Å². The number of benzene rings is 4. The van der Waals surface area contributed by atoms with Gasteiger partial charge in [-0.1, -0.05) is 90.0 Å². The number of hydrogen-bond donors (Lipinski definition) is 0. The number of hydrogen-bond acceptors (Lipinski definition) is 3. The van der Waals surface area contributed by atoms with E-state index in [4.69, 9.17) is 2.74 Å². The minimum Gasteiger partial charge on any atom is -0.295 e. The quantitative estimate of drug-likeness (QED) is 0.127. The minimum absolute atomic E-state index is 0. The smallest absolute Gasteiger partial charge is 0.0319 e. The third kappa shape index (κ3) is 7.32. The second-order valence-corrected chi connectivity index (χ2v) is 24.9. The summed E-state index contributed by atoms with van der Waals surface area (Å²) in [5, 5.41) is 4.78. The van der Waals surface area contributed by atoms with Crippen molar-refractivity contribution in [2.45, 2.75) is 56.2 Å². The van der Waals surface area contributed by atoms with Crippen LogP contribution in [0.15, 0.2) is 103 Å². The summed E-state index contributed by atoms with van der Waals surface area (Å²) < 4.78 is 21.6. The van der Waals surface area contributed by atoms with Gasteiger partial charge >= 0.3 is 106 Å². The van der Waals surface area contributed by atoms with Gasteiger partial charge in [0.15, 0.2) is 0 Å². The van der Waals surface area contributed by atoms with Gasteiger partial charge < -0.3 is 0 Å². The van der Waals surface area contributed by atoms with Crippen LogP contribution in [-0.2, 0) is 26.5 Å². The van der Waals surface area contributed by atoms with E-state index in [1.54, 1.807) is 17.5 Å². The first-order valence-electron chi connectivity index (χ1n) is 17.3. The van der Waals surface area contributed by atoms with Crippen molar-refractivity contribution in [1.29, 1.82) is 0 Å². The zero-order chi connectivity index (χ0) is 33.5. The standard InChI is InChI=1S/C27H22NS.C15H18GeN.Ir/c1-2-8-18(7-1)15-19-13-14-28-24(16-19)23-17-20-9-3-4-10-21(20)26-22-11-5-6-12-25(22)29-27(23)26;1-12-10-15(13-8-6-5-7-9-13)17-11-14(12)16(2,3)4;/h3-6,9-14,16,18H,1-2,7-8,15H2;5-8,10-11H,1-4H3;/q2*-1;/i15D2;;. The molecule has 0 atom stereocenters. The molecule has 1 fully saturated rings. The van der Waals surface area contributed by atoms with Crippen molar-refractivity contribution in [2.24, 2.45) is 5.92 Å². The molecular weight excluding hydrogens is 829 g/mol. The number of fused-ring (bicyclic) bond motifs is 5. The van der Waals surface area contributed by atoms with Crippen LogP contribution in [0.4, 0.5) is 0 Å². The maximum Gasteiger partial charge on any atom is 0.0319 e. The normalized spacial score (nSPS) is 14.4. The summed E-state index contributed by atoms with van der Waals surface area (Å²) in [5.41, 5.74) is 5.99. The molecule has 1 saturated carbocycles.